The molecule has 2 aliphatic rings. The number of rotatable bonds is 4. The molecule has 2 saturated heterocycles. The smallest absolute Gasteiger partial charge is 0.172 e. The summed E-state index contributed by atoms with van der Waals surface area (Å²) in [4.78, 5) is 2.13. The average molecular weight is 469 g/mol. The molecule has 2 aliphatic heterocycles. The Morgan fingerprint density at radius 1 is 1.12 bits per heavy atom. The zero-order valence-corrected chi connectivity index (χ0v) is 19.9. The van der Waals surface area contributed by atoms with Crippen molar-refractivity contribution >= 4 is 5.82 Å². The second kappa shape index (κ2) is 8.01. The minimum Gasteiger partial charge on any atom is -0.507 e. The van der Waals surface area contributed by atoms with Gasteiger partial charge in [-0.2, -0.15) is 5.10 Å². The molecule has 0 amide bonds. The molecule has 4 heterocycles. The van der Waals surface area contributed by atoms with Gasteiger partial charge in [-0.25, -0.2) is 8.78 Å². The van der Waals surface area contributed by atoms with Crippen molar-refractivity contribution in [1.29, 1.82) is 0 Å². The third-order valence-corrected chi connectivity index (χ3v) is 7.45. The average Bonchev–Trinajstić information content (AvgIpc) is 3.21. The first-order valence-corrected chi connectivity index (χ1v) is 11.6. The molecule has 0 spiro atoms. The Morgan fingerprint density at radius 2 is 1.82 bits per heavy atom. The predicted molar refractivity (Wildman–Crippen MR) is 126 cm³/mol. The summed E-state index contributed by atoms with van der Waals surface area (Å²) in [7, 11) is 3.68. The lowest BCUT2D eigenvalue weighted by Gasteiger charge is -2.55. The standard InChI is InChI=1S/C25H30F2N6O/c1-24-8-5-9-25(2,31-24)12-16(11-24)33(4)20-7-6-18(29-30-20)21-19(34)10-17(22(26)23(21)27)15-13-28-32(3)14-15/h6-7,10,13-14,16,31,34H,5,8-9,11-12H2,1-4H3/t16?,24-,25+. The van der Waals surface area contributed by atoms with E-state index in [1.165, 1.54) is 23.4 Å². The van der Waals surface area contributed by atoms with E-state index in [0.29, 0.717) is 11.4 Å². The number of piperidine rings is 2. The lowest BCUT2D eigenvalue weighted by molar-refractivity contribution is 0.0784. The van der Waals surface area contributed by atoms with Gasteiger partial charge in [-0.15, -0.1) is 10.2 Å². The molecule has 1 aromatic carbocycles. The van der Waals surface area contributed by atoms with Crippen LogP contribution in [0.5, 0.6) is 5.75 Å². The van der Waals surface area contributed by atoms with Crippen LogP contribution in [-0.2, 0) is 7.05 Å². The van der Waals surface area contributed by atoms with Gasteiger partial charge < -0.3 is 15.3 Å². The Labute approximate surface area is 197 Å². The van der Waals surface area contributed by atoms with Gasteiger partial charge in [-0.05, 0) is 64.2 Å². The number of aryl methyl sites for hydroxylation is 1. The number of aromatic hydroxyl groups is 1. The van der Waals surface area contributed by atoms with Gasteiger partial charge in [0, 0.05) is 48.5 Å². The van der Waals surface area contributed by atoms with E-state index in [0.717, 1.165) is 25.7 Å². The van der Waals surface area contributed by atoms with Gasteiger partial charge in [0.1, 0.15) is 5.75 Å². The minimum atomic E-state index is -1.17. The third kappa shape index (κ3) is 3.91. The number of nitrogens with one attached hydrogen (secondary N) is 1. The van der Waals surface area contributed by atoms with E-state index in [2.05, 4.69) is 39.4 Å². The summed E-state index contributed by atoms with van der Waals surface area (Å²) in [6, 6.07) is 4.81. The third-order valence-electron chi connectivity index (χ3n) is 7.45. The highest BCUT2D eigenvalue weighted by molar-refractivity contribution is 5.75. The number of hydrogen-bond donors (Lipinski definition) is 2. The second-order valence-electron chi connectivity index (χ2n) is 10.4. The maximum absolute atomic E-state index is 15.0. The summed E-state index contributed by atoms with van der Waals surface area (Å²) in [5, 5.41) is 26.8. The molecule has 0 radical (unpaired) electrons. The van der Waals surface area contributed by atoms with Crippen LogP contribution in [0.25, 0.3) is 22.4 Å². The molecule has 9 heteroatoms. The summed E-state index contributed by atoms with van der Waals surface area (Å²) in [5.41, 5.74) is 0.278. The van der Waals surface area contributed by atoms with Gasteiger partial charge in [-0.3, -0.25) is 4.68 Å². The van der Waals surface area contributed by atoms with Gasteiger partial charge in [0.2, 0.25) is 0 Å². The van der Waals surface area contributed by atoms with Gasteiger partial charge in [0.05, 0.1) is 17.5 Å². The summed E-state index contributed by atoms with van der Waals surface area (Å²) >= 11 is 0. The molecule has 1 unspecified atom stereocenters. The largest absolute Gasteiger partial charge is 0.507 e. The highest BCUT2D eigenvalue weighted by Crippen LogP contribution is 2.42. The number of hydrogen-bond acceptors (Lipinski definition) is 6. The van der Waals surface area contributed by atoms with Crippen LogP contribution in [0.4, 0.5) is 14.6 Å². The fourth-order valence-electron chi connectivity index (χ4n) is 5.88. The monoisotopic (exact) mass is 468 g/mol. The van der Waals surface area contributed by atoms with Gasteiger partial charge in [0.15, 0.2) is 17.5 Å². The SMILES string of the molecule is CN(c1ccc(-c2c(O)cc(-c3cnn(C)c3)c(F)c2F)nn1)C1C[C@]2(C)CCC[C@](C)(C1)N2. The minimum absolute atomic E-state index is 0.0605. The lowest BCUT2D eigenvalue weighted by atomic mass is 9.69. The first-order valence-electron chi connectivity index (χ1n) is 11.6. The summed E-state index contributed by atoms with van der Waals surface area (Å²) in [5.74, 6) is -1.97. The Bertz CT molecular complexity index is 1210. The van der Waals surface area contributed by atoms with E-state index < -0.39 is 17.4 Å². The first kappa shape index (κ1) is 22.7. The van der Waals surface area contributed by atoms with Gasteiger partial charge in [0.25, 0.3) is 0 Å². The van der Waals surface area contributed by atoms with Crippen LogP contribution >= 0.6 is 0 Å². The van der Waals surface area contributed by atoms with Crippen molar-refractivity contribution < 1.29 is 13.9 Å². The van der Waals surface area contributed by atoms with Crippen molar-refractivity contribution in [3.8, 4) is 28.1 Å². The molecular formula is C25H30F2N6O. The Morgan fingerprint density at radius 3 is 2.41 bits per heavy atom. The van der Waals surface area contributed by atoms with Crippen LogP contribution in [0.3, 0.4) is 0 Å². The van der Waals surface area contributed by atoms with Crippen LogP contribution in [0.2, 0.25) is 0 Å². The fourth-order valence-corrected chi connectivity index (χ4v) is 5.88. The molecule has 2 N–H and O–H groups in total. The fraction of sp³-hybridized carbons (Fsp3) is 0.480. The molecule has 3 atom stereocenters. The van der Waals surface area contributed by atoms with Crippen molar-refractivity contribution in [2.75, 3.05) is 11.9 Å². The molecule has 5 rings (SSSR count). The number of nitrogens with zero attached hydrogens (tertiary/aromatic N) is 5. The number of benzene rings is 1. The van der Waals surface area contributed by atoms with E-state index >= 15 is 4.39 Å². The van der Waals surface area contributed by atoms with Crippen LogP contribution in [-0.4, -0.2) is 49.3 Å². The van der Waals surface area contributed by atoms with E-state index in [-0.39, 0.29) is 33.9 Å². The topological polar surface area (TPSA) is 79.1 Å². The maximum atomic E-state index is 15.0. The van der Waals surface area contributed by atoms with E-state index in [9.17, 15) is 9.50 Å². The number of aromatic nitrogens is 4. The molecule has 2 fully saturated rings. The quantitative estimate of drug-likeness (QED) is 0.590. The number of fused-ring (bicyclic) bond motifs is 2. The number of phenolic OH excluding ortho intramolecular Hbond substituents is 1. The number of halogens is 2. The van der Waals surface area contributed by atoms with Crippen LogP contribution in [0.1, 0.15) is 46.0 Å². The van der Waals surface area contributed by atoms with E-state index in [1.54, 1.807) is 25.4 Å². The molecule has 180 valence electrons. The Hall–Kier alpha value is -3.07. The predicted octanol–water partition coefficient (Wildman–Crippen LogP) is 4.42. The summed E-state index contributed by atoms with van der Waals surface area (Å²) in [6.45, 7) is 4.57. The normalized spacial score (nSPS) is 26.5. The summed E-state index contributed by atoms with van der Waals surface area (Å²) in [6.07, 6.45) is 8.50. The van der Waals surface area contributed by atoms with Crippen molar-refractivity contribution in [3.05, 3.63) is 42.2 Å². The van der Waals surface area contributed by atoms with Crippen molar-refractivity contribution in [1.82, 2.24) is 25.3 Å². The van der Waals surface area contributed by atoms with Crippen LogP contribution in [0, 0.1) is 11.6 Å². The molecule has 2 bridgehead atoms. The second-order valence-corrected chi connectivity index (χ2v) is 10.4. The van der Waals surface area contributed by atoms with Crippen molar-refractivity contribution in [2.45, 2.75) is 63.1 Å². The van der Waals surface area contributed by atoms with Crippen LogP contribution < -0.4 is 10.2 Å². The first-order chi connectivity index (χ1) is 16.1. The maximum Gasteiger partial charge on any atom is 0.172 e. The molecule has 2 aromatic heterocycles. The van der Waals surface area contributed by atoms with Gasteiger partial charge >= 0.3 is 0 Å². The number of anilines is 1. The highest BCUT2D eigenvalue weighted by atomic mass is 19.2. The van der Waals surface area contributed by atoms with E-state index in [1.807, 2.05) is 7.05 Å². The molecular weight excluding hydrogens is 438 g/mol. The molecule has 3 aromatic rings. The Balaban J connectivity index is 1.42. The number of phenols is 1. The Kier molecular flexibility index (Phi) is 5.35. The molecule has 7 nitrogen and oxygen atoms in total. The molecule has 0 aliphatic carbocycles. The lowest BCUT2D eigenvalue weighted by Crippen LogP contribution is -2.66. The summed E-state index contributed by atoms with van der Waals surface area (Å²) < 4.78 is 31.4. The van der Waals surface area contributed by atoms with Crippen molar-refractivity contribution in [3.63, 3.8) is 0 Å². The molecule has 34 heavy (non-hydrogen) atoms. The van der Waals surface area contributed by atoms with E-state index in [4.69, 9.17) is 0 Å². The highest BCUT2D eigenvalue weighted by Gasteiger charge is 2.46. The zero-order valence-electron chi connectivity index (χ0n) is 19.9. The van der Waals surface area contributed by atoms with Crippen molar-refractivity contribution in [2.24, 2.45) is 7.05 Å². The van der Waals surface area contributed by atoms with Crippen LogP contribution in [0.15, 0.2) is 30.6 Å². The molecule has 0 saturated carbocycles. The zero-order chi connectivity index (χ0) is 24.3. The van der Waals surface area contributed by atoms with Gasteiger partial charge in [-0.1, -0.05) is 0 Å².